The van der Waals surface area contributed by atoms with Gasteiger partial charge in [-0.3, -0.25) is 0 Å². The number of methoxy groups -OCH3 is 1. The largest absolute Gasteiger partial charge is 0.467 e. The van der Waals surface area contributed by atoms with Gasteiger partial charge in [0.2, 0.25) is 0 Å². The first-order valence-corrected chi connectivity index (χ1v) is 6.79. The highest BCUT2D eigenvalue weighted by Gasteiger charge is 2.23. The van der Waals surface area contributed by atoms with E-state index in [1.54, 1.807) is 12.1 Å². The minimum Gasteiger partial charge on any atom is -0.467 e. The van der Waals surface area contributed by atoms with Gasteiger partial charge in [-0.15, -0.1) is 0 Å². The van der Waals surface area contributed by atoms with E-state index in [4.69, 9.17) is 33.7 Å². The van der Waals surface area contributed by atoms with E-state index in [0.717, 1.165) is 5.56 Å². The number of carbonyl (C=O) groups is 1. The molecule has 1 heterocycles. The number of ether oxygens (including phenoxy) is 1. The average Bonchev–Trinajstić information content (AvgIpc) is 2.49. The Kier molecular flexibility index (Phi) is 4.88. The smallest absolute Gasteiger partial charge is 0.333 e. The monoisotopic (exact) mass is 325 g/mol. The number of pyridine rings is 1. The lowest BCUT2D eigenvalue weighted by molar-refractivity contribution is -0.141. The molecule has 0 fully saturated rings. The van der Waals surface area contributed by atoms with E-state index >= 15 is 0 Å². The third kappa shape index (κ3) is 3.56. The summed E-state index contributed by atoms with van der Waals surface area (Å²) >= 11 is 11.9. The maximum atomic E-state index is 12.0. The number of nitrogens with zero attached hydrogens (tertiary/aromatic N) is 1. The molecule has 0 aliphatic heterocycles. The van der Waals surface area contributed by atoms with Crippen LogP contribution >= 0.6 is 23.2 Å². The summed E-state index contributed by atoms with van der Waals surface area (Å²) in [5, 5.41) is 3.44. The van der Waals surface area contributed by atoms with Crippen molar-refractivity contribution in [1.29, 1.82) is 0 Å². The number of esters is 1. The number of carbonyl (C=O) groups excluding carboxylic acids is 1. The predicted molar refractivity (Wildman–Crippen MR) is 83.5 cm³/mol. The van der Waals surface area contributed by atoms with Gasteiger partial charge in [-0.1, -0.05) is 53.5 Å². The van der Waals surface area contributed by atoms with Crippen molar-refractivity contribution in [3.05, 3.63) is 52.0 Å². The number of aromatic nitrogens is 1. The normalized spacial score (nSPS) is 11.8. The molecule has 0 saturated heterocycles. The standard InChI is InChI=1S/C14H13Cl2N3O2/c1-21-14(20)11(8-5-3-2-4-6-8)18-13-10(16)7-9(15)12(17)19-13/h2-7,11H,1H3,(H3,17,18,19). The number of nitrogens with two attached hydrogens (primary N) is 1. The predicted octanol–water partition coefficient (Wildman–Crippen LogP) is 3.30. The molecule has 0 bridgehead atoms. The van der Waals surface area contributed by atoms with Crippen LogP contribution in [0, 0.1) is 0 Å². The first kappa shape index (κ1) is 15.4. The van der Waals surface area contributed by atoms with Crippen LogP contribution in [0.2, 0.25) is 10.0 Å². The topological polar surface area (TPSA) is 77.2 Å². The molecule has 1 unspecified atom stereocenters. The number of benzene rings is 1. The zero-order valence-electron chi connectivity index (χ0n) is 11.1. The summed E-state index contributed by atoms with van der Waals surface area (Å²) < 4.78 is 4.80. The van der Waals surface area contributed by atoms with E-state index in [9.17, 15) is 4.79 Å². The molecular formula is C14H13Cl2N3O2. The fraction of sp³-hybridized carbons (Fsp3) is 0.143. The maximum Gasteiger partial charge on any atom is 0.333 e. The minimum absolute atomic E-state index is 0.125. The summed E-state index contributed by atoms with van der Waals surface area (Å²) in [6, 6.07) is 9.79. The van der Waals surface area contributed by atoms with Gasteiger partial charge in [0.05, 0.1) is 17.2 Å². The van der Waals surface area contributed by atoms with Gasteiger partial charge >= 0.3 is 5.97 Å². The van der Waals surface area contributed by atoms with Crippen LogP contribution in [-0.2, 0) is 9.53 Å². The molecule has 0 saturated carbocycles. The number of nitrogens with one attached hydrogen (secondary N) is 1. The van der Waals surface area contributed by atoms with E-state index in [1.807, 2.05) is 18.2 Å². The number of hydrogen-bond donors (Lipinski definition) is 2. The van der Waals surface area contributed by atoms with Crippen molar-refractivity contribution in [1.82, 2.24) is 4.98 Å². The van der Waals surface area contributed by atoms with Crippen LogP contribution in [-0.4, -0.2) is 18.1 Å². The molecule has 5 nitrogen and oxygen atoms in total. The summed E-state index contributed by atoms with van der Waals surface area (Å²) in [6.45, 7) is 0. The lowest BCUT2D eigenvalue weighted by Gasteiger charge is -2.18. The molecule has 1 atom stereocenters. The summed E-state index contributed by atoms with van der Waals surface area (Å²) in [4.78, 5) is 16.0. The van der Waals surface area contributed by atoms with Gasteiger partial charge in [-0.05, 0) is 11.6 Å². The SMILES string of the molecule is COC(=O)C(Nc1nc(N)c(Cl)cc1Cl)c1ccccc1. The molecule has 2 rings (SSSR count). The highest BCUT2D eigenvalue weighted by molar-refractivity contribution is 6.37. The molecule has 1 aromatic heterocycles. The summed E-state index contributed by atoms with van der Waals surface area (Å²) in [5.74, 6) is -0.0781. The number of nitrogen functional groups attached to an aromatic ring is 1. The van der Waals surface area contributed by atoms with Crippen LogP contribution < -0.4 is 11.1 Å². The molecule has 110 valence electrons. The van der Waals surface area contributed by atoms with Crippen molar-refractivity contribution in [2.24, 2.45) is 0 Å². The summed E-state index contributed by atoms with van der Waals surface area (Å²) in [5.41, 5.74) is 6.37. The zero-order chi connectivity index (χ0) is 15.4. The Bertz CT molecular complexity index is 650. The summed E-state index contributed by atoms with van der Waals surface area (Å²) in [6.07, 6.45) is 0. The number of anilines is 2. The number of halogens is 2. The highest BCUT2D eigenvalue weighted by atomic mass is 35.5. The van der Waals surface area contributed by atoms with Gasteiger partial charge in [-0.2, -0.15) is 0 Å². The fourth-order valence-electron chi connectivity index (χ4n) is 1.76. The third-order valence-electron chi connectivity index (χ3n) is 2.81. The zero-order valence-corrected chi connectivity index (χ0v) is 12.7. The Morgan fingerprint density at radius 2 is 1.95 bits per heavy atom. The molecule has 3 N–H and O–H groups in total. The maximum absolute atomic E-state index is 12.0. The molecule has 0 amide bonds. The quantitative estimate of drug-likeness (QED) is 0.843. The molecule has 7 heteroatoms. The van der Waals surface area contributed by atoms with Gasteiger partial charge < -0.3 is 15.8 Å². The van der Waals surface area contributed by atoms with Crippen LogP contribution in [0.25, 0.3) is 0 Å². The van der Waals surface area contributed by atoms with E-state index < -0.39 is 12.0 Å². The molecule has 21 heavy (non-hydrogen) atoms. The second kappa shape index (κ2) is 6.65. The molecule has 0 spiro atoms. The minimum atomic E-state index is -0.748. The van der Waals surface area contributed by atoms with E-state index in [1.165, 1.54) is 13.2 Å². The molecule has 1 aromatic carbocycles. The molecule has 0 aliphatic rings. The van der Waals surface area contributed by atoms with Crippen molar-refractivity contribution >= 4 is 40.8 Å². The van der Waals surface area contributed by atoms with Crippen LogP contribution in [0.4, 0.5) is 11.6 Å². The van der Waals surface area contributed by atoms with Gasteiger partial charge in [0.25, 0.3) is 0 Å². The van der Waals surface area contributed by atoms with E-state index in [2.05, 4.69) is 10.3 Å². The first-order chi connectivity index (χ1) is 10.0. The molecule has 2 aromatic rings. The first-order valence-electron chi connectivity index (χ1n) is 6.03. The van der Waals surface area contributed by atoms with Crippen molar-refractivity contribution < 1.29 is 9.53 Å². The lowest BCUT2D eigenvalue weighted by Crippen LogP contribution is -2.23. The van der Waals surface area contributed by atoms with Crippen molar-refractivity contribution in [2.75, 3.05) is 18.2 Å². The van der Waals surface area contributed by atoms with Gasteiger partial charge in [0.1, 0.15) is 11.6 Å². The van der Waals surface area contributed by atoms with E-state index in [-0.39, 0.29) is 21.7 Å². The van der Waals surface area contributed by atoms with E-state index in [0.29, 0.717) is 0 Å². The van der Waals surface area contributed by atoms with Crippen LogP contribution in [0.1, 0.15) is 11.6 Å². The van der Waals surface area contributed by atoms with Gasteiger partial charge in [0, 0.05) is 0 Å². The Morgan fingerprint density at radius 1 is 1.29 bits per heavy atom. The average molecular weight is 326 g/mol. The molecule has 0 aliphatic carbocycles. The van der Waals surface area contributed by atoms with Crippen molar-refractivity contribution in [2.45, 2.75) is 6.04 Å². The molecular weight excluding hydrogens is 313 g/mol. The van der Waals surface area contributed by atoms with Gasteiger partial charge in [-0.25, -0.2) is 9.78 Å². The number of rotatable bonds is 4. The fourth-order valence-corrected chi connectivity index (χ4v) is 2.17. The van der Waals surface area contributed by atoms with Crippen LogP contribution in [0.3, 0.4) is 0 Å². The van der Waals surface area contributed by atoms with Crippen LogP contribution in [0.15, 0.2) is 36.4 Å². The Balaban J connectivity index is 2.36. The number of hydrogen-bond acceptors (Lipinski definition) is 5. The Morgan fingerprint density at radius 3 is 2.57 bits per heavy atom. The Hall–Kier alpha value is -1.98. The second-order valence-electron chi connectivity index (χ2n) is 4.20. The summed E-state index contributed by atoms with van der Waals surface area (Å²) in [7, 11) is 1.31. The highest BCUT2D eigenvalue weighted by Crippen LogP contribution is 2.30. The third-order valence-corrected chi connectivity index (χ3v) is 3.40. The lowest BCUT2D eigenvalue weighted by atomic mass is 10.1. The second-order valence-corrected chi connectivity index (χ2v) is 5.01. The van der Waals surface area contributed by atoms with Gasteiger partial charge in [0.15, 0.2) is 6.04 Å². The Labute approximate surface area is 132 Å². The van der Waals surface area contributed by atoms with Crippen molar-refractivity contribution in [3.8, 4) is 0 Å². The van der Waals surface area contributed by atoms with Crippen molar-refractivity contribution in [3.63, 3.8) is 0 Å². The molecule has 0 radical (unpaired) electrons. The van der Waals surface area contributed by atoms with Crippen LogP contribution in [0.5, 0.6) is 0 Å².